The number of hydrogen-bond donors (Lipinski definition) is 1. The van der Waals surface area contributed by atoms with E-state index in [9.17, 15) is 18.4 Å². The number of aryl methyl sites for hydroxylation is 1. The first-order valence-corrected chi connectivity index (χ1v) is 8.90. The number of amides is 1. The summed E-state index contributed by atoms with van der Waals surface area (Å²) in [6.07, 6.45) is 1.89. The van der Waals surface area contributed by atoms with E-state index in [0.29, 0.717) is 28.1 Å². The zero-order chi connectivity index (χ0) is 20.5. The van der Waals surface area contributed by atoms with Gasteiger partial charge in [0, 0.05) is 25.1 Å². The lowest BCUT2D eigenvalue weighted by Crippen LogP contribution is -2.25. The van der Waals surface area contributed by atoms with Gasteiger partial charge in [0.2, 0.25) is 0 Å². The Labute approximate surface area is 164 Å². The number of carbonyl (C=O) groups excluding carboxylic acids is 1. The largest absolute Gasteiger partial charge is 0.481 e. The standard InChI is InChI=1S/C20H16F2N4O3/c21-17-7-13-9-25(10-14(13)8-18(17)22)20(29)12-1-4-16(5-2-12)26-11-15(23-24-26)3-6-19(27)28/h1-2,4-5,7-8,11H,3,6,9-10H2,(H,27,28). The van der Waals surface area contributed by atoms with E-state index < -0.39 is 17.6 Å². The summed E-state index contributed by atoms with van der Waals surface area (Å²) in [5.41, 5.74) is 2.87. The summed E-state index contributed by atoms with van der Waals surface area (Å²) in [6, 6.07) is 8.94. The lowest BCUT2D eigenvalue weighted by Gasteiger charge is -2.15. The second-order valence-corrected chi connectivity index (χ2v) is 6.79. The Hall–Kier alpha value is -3.62. The van der Waals surface area contributed by atoms with Gasteiger partial charge >= 0.3 is 5.97 Å². The summed E-state index contributed by atoms with van der Waals surface area (Å²) in [5.74, 6) is -2.98. The highest BCUT2D eigenvalue weighted by Crippen LogP contribution is 2.26. The zero-order valence-electron chi connectivity index (χ0n) is 15.2. The van der Waals surface area contributed by atoms with E-state index in [-0.39, 0.29) is 31.8 Å². The third-order valence-corrected chi connectivity index (χ3v) is 4.77. The number of fused-ring (bicyclic) bond motifs is 1. The van der Waals surface area contributed by atoms with E-state index in [2.05, 4.69) is 10.3 Å². The van der Waals surface area contributed by atoms with Gasteiger partial charge in [0.15, 0.2) is 11.6 Å². The molecule has 29 heavy (non-hydrogen) atoms. The van der Waals surface area contributed by atoms with Crippen LogP contribution in [-0.2, 0) is 24.3 Å². The normalized spacial score (nSPS) is 12.8. The Balaban J connectivity index is 1.46. The first-order valence-electron chi connectivity index (χ1n) is 8.90. The molecule has 0 bridgehead atoms. The molecule has 1 amide bonds. The minimum absolute atomic E-state index is 0.0296. The Bertz CT molecular complexity index is 1060. The molecule has 0 aliphatic carbocycles. The fraction of sp³-hybridized carbons (Fsp3) is 0.200. The molecule has 9 heteroatoms. The number of carboxylic acid groups (broad SMARTS) is 1. The van der Waals surface area contributed by atoms with Crippen molar-refractivity contribution in [3.8, 4) is 5.69 Å². The van der Waals surface area contributed by atoms with Crippen molar-refractivity contribution >= 4 is 11.9 Å². The van der Waals surface area contributed by atoms with Crippen LogP contribution in [0.25, 0.3) is 5.69 Å². The number of nitrogens with zero attached hydrogens (tertiary/aromatic N) is 4. The number of hydrogen-bond acceptors (Lipinski definition) is 4. The van der Waals surface area contributed by atoms with Crippen LogP contribution in [0.3, 0.4) is 0 Å². The van der Waals surface area contributed by atoms with Gasteiger partial charge in [-0.25, -0.2) is 13.5 Å². The summed E-state index contributed by atoms with van der Waals surface area (Å²) >= 11 is 0. The van der Waals surface area contributed by atoms with Gasteiger partial charge in [0.1, 0.15) is 0 Å². The zero-order valence-corrected chi connectivity index (χ0v) is 15.2. The molecule has 1 aliphatic heterocycles. The number of carboxylic acids is 1. The average molecular weight is 398 g/mol. The summed E-state index contributed by atoms with van der Waals surface area (Å²) in [7, 11) is 0. The van der Waals surface area contributed by atoms with Gasteiger partial charge < -0.3 is 10.0 Å². The van der Waals surface area contributed by atoms with Gasteiger partial charge in [0.05, 0.1) is 24.0 Å². The molecule has 2 aromatic carbocycles. The van der Waals surface area contributed by atoms with Crippen LogP contribution >= 0.6 is 0 Å². The van der Waals surface area contributed by atoms with Crippen molar-refractivity contribution in [2.75, 3.05) is 0 Å². The van der Waals surface area contributed by atoms with Crippen LogP contribution in [0.4, 0.5) is 8.78 Å². The SMILES string of the molecule is O=C(O)CCc1cn(-c2ccc(C(=O)N3Cc4cc(F)c(F)cc4C3)cc2)nn1. The molecule has 0 saturated heterocycles. The highest BCUT2D eigenvalue weighted by Gasteiger charge is 2.26. The average Bonchev–Trinajstić information content (AvgIpc) is 3.33. The number of carbonyl (C=O) groups is 2. The van der Waals surface area contributed by atoms with Gasteiger partial charge in [0.25, 0.3) is 5.91 Å². The summed E-state index contributed by atoms with van der Waals surface area (Å²) in [6.45, 7) is 0.451. The molecule has 1 N–H and O–H groups in total. The number of aliphatic carboxylic acids is 1. The lowest BCUT2D eigenvalue weighted by molar-refractivity contribution is -0.136. The molecular formula is C20H16F2N4O3. The van der Waals surface area contributed by atoms with Crippen LogP contribution in [0, 0.1) is 11.6 Å². The van der Waals surface area contributed by atoms with E-state index in [1.165, 1.54) is 9.58 Å². The van der Waals surface area contributed by atoms with Gasteiger partial charge in [-0.2, -0.15) is 0 Å². The van der Waals surface area contributed by atoms with Gasteiger partial charge in [-0.15, -0.1) is 5.10 Å². The molecule has 1 aliphatic rings. The summed E-state index contributed by atoms with van der Waals surface area (Å²) in [4.78, 5) is 24.9. The lowest BCUT2D eigenvalue weighted by atomic mass is 10.1. The Morgan fingerprint density at radius 2 is 1.66 bits per heavy atom. The fourth-order valence-corrected chi connectivity index (χ4v) is 3.25. The van der Waals surface area contributed by atoms with Crippen LogP contribution < -0.4 is 0 Å². The molecule has 1 aromatic heterocycles. The topological polar surface area (TPSA) is 88.3 Å². The van der Waals surface area contributed by atoms with E-state index in [4.69, 9.17) is 5.11 Å². The first kappa shape index (κ1) is 18.7. The molecule has 0 spiro atoms. The number of aromatic nitrogens is 3. The Morgan fingerprint density at radius 3 is 2.24 bits per heavy atom. The molecule has 0 radical (unpaired) electrons. The fourth-order valence-electron chi connectivity index (χ4n) is 3.25. The van der Waals surface area contributed by atoms with Crippen molar-refractivity contribution in [3.63, 3.8) is 0 Å². The highest BCUT2D eigenvalue weighted by atomic mass is 19.2. The maximum atomic E-state index is 13.4. The van der Waals surface area contributed by atoms with Crippen molar-refractivity contribution in [2.45, 2.75) is 25.9 Å². The molecule has 0 unspecified atom stereocenters. The molecule has 0 saturated carbocycles. The second kappa shape index (κ2) is 7.42. The van der Waals surface area contributed by atoms with Crippen molar-refractivity contribution < 1.29 is 23.5 Å². The van der Waals surface area contributed by atoms with Crippen LogP contribution in [0.5, 0.6) is 0 Å². The van der Waals surface area contributed by atoms with Crippen LogP contribution in [0.1, 0.15) is 33.6 Å². The molecule has 2 heterocycles. The monoisotopic (exact) mass is 398 g/mol. The molecule has 4 rings (SSSR count). The van der Waals surface area contributed by atoms with Crippen molar-refractivity contribution in [3.05, 3.63) is 76.6 Å². The smallest absolute Gasteiger partial charge is 0.303 e. The van der Waals surface area contributed by atoms with E-state index in [1.807, 2.05) is 0 Å². The Kier molecular flexibility index (Phi) is 4.79. The van der Waals surface area contributed by atoms with E-state index >= 15 is 0 Å². The molecule has 3 aromatic rings. The molecule has 7 nitrogen and oxygen atoms in total. The first-order chi connectivity index (χ1) is 13.9. The van der Waals surface area contributed by atoms with Gasteiger partial charge in [-0.3, -0.25) is 9.59 Å². The maximum Gasteiger partial charge on any atom is 0.303 e. The number of rotatable bonds is 5. The van der Waals surface area contributed by atoms with E-state index in [1.54, 1.807) is 30.5 Å². The number of benzene rings is 2. The predicted octanol–water partition coefficient (Wildman–Crippen LogP) is 2.72. The van der Waals surface area contributed by atoms with Crippen LogP contribution in [0.2, 0.25) is 0 Å². The quantitative estimate of drug-likeness (QED) is 0.714. The minimum atomic E-state index is -0.919. The minimum Gasteiger partial charge on any atom is -0.481 e. The Morgan fingerprint density at radius 1 is 1.03 bits per heavy atom. The third-order valence-electron chi connectivity index (χ3n) is 4.77. The van der Waals surface area contributed by atoms with Gasteiger partial charge in [-0.05, 0) is 47.5 Å². The van der Waals surface area contributed by atoms with Crippen LogP contribution in [-0.4, -0.2) is 36.9 Å². The van der Waals surface area contributed by atoms with Crippen LogP contribution in [0.15, 0.2) is 42.6 Å². The van der Waals surface area contributed by atoms with Crippen molar-refractivity contribution in [1.82, 2.24) is 19.9 Å². The van der Waals surface area contributed by atoms with E-state index in [0.717, 1.165) is 12.1 Å². The summed E-state index contributed by atoms with van der Waals surface area (Å²) in [5, 5.41) is 16.6. The molecular weight excluding hydrogens is 382 g/mol. The predicted molar refractivity (Wildman–Crippen MR) is 97.3 cm³/mol. The third kappa shape index (κ3) is 3.84. The second-order valence-electron chi connectivity index (χ2n) is 6.79. The summed E-state index contributed by atoms with van der Waals surface area (Å²) < 4.78 is 28.3. The molecule has 0 atom stereocenters. The van der Waals surface area contributed by atoms with Crippen molar-refractivity contribution in [1.29, 1.82) is 0 Å². The molecule has 0 fully saturated rings. The van der Waals surface area contributed by atoms with Crippen molar-refractivity contribution in [2.24, 2.45) is 0 Å². The number of halogens is 2. The highest BCUT2D eigenvalue weighted by molar-refractivity contribution is 5.94. The van der Waals surface area contributed by atoms with Gasteiger partial charge in [-0.1, -0.05) is 5.21 Å². The molecule has 148 valence electrons. The maximum absolute atomic E-state index is 13.4.